The molecule has 0 bridgehead atoms. The van der Waals surface area contributed by atoms with E-state index in [9.17, 15) is 5.11 Å². The summed E-state index contributed by atoms with van der Waals surface area (Å²) >= 11 is 0. The van der Waals surface area contributed by atoms with E-state index in [0.717, 1.165) is 5.56 Å². The molecular formula is C29H31OP. The van der Waals surface area contributed by atoms with Crippen LogP contribution >= 0.6 is 7.92 Å². The minimum Gasteiger partial charge on any atom is -0.508 e. The number of aryl methyl sites for hydroxylation is 1. The minimum atomic E-state index is -0.446. The summed E-state index contributed by atoms with van der Waals surface area (Å²) < 4.78 is 0. The van der Waals surface area contributed by atoms with Crippen molar-refractivity contribution in [2.75, 3.05) is 0 Å². The number of hydrogen-bond acceptors (Lipinski definition) is 1. The van der Waals surface area contributed by atoms with Crippen LogP contribution in [0.1, 0.15) is 31.9 Å². The molecule has 0 saturated heterocycles. The number of benzene rings is 4. The Morgan fingerprint density at radius 3 is 1.29 bits per heavy atom. The summed E-state index contributed by atoms with van der Waals surface area (Å²) in [5, 5.41) is 13.8. The second-order valence-corrected chi connectivity index (χ2v) is 10.8. The Kier molecular flexibility index (Phi) is 7.66. The highest BCUT2D eigenvalue weighted by atomic mass is 31.1. The highest BCUT2D eigenvalue weighted by molar-refractivity contribution is 7.79. The van der Waals surface area contributed by atoms with Crippen molar-refractivity contribution in [2.24, 2.45) is 0 Å². The van der Waals surface area contributed by atoms with E-state index in [4.69, 9.17) is 0 Å². The molecule has 0 spiro atoms. The Morgan fingerprint density at radius 2 is 0.968 bits per heavy atom. The predicted octanol–water partition coefficient (Wildman–Crippen LogP) is 6.44. The molecule has 0 radical (unpaired) electrons. The SMILES string of the molecule is Cc1ccc(O)c(C(C)(C)C)c1.c1ccc(P(c2ccccc2)c2ccccc2)cc1. The fourth-order valence-electron chi connectivity index (χ4n) is 3.43. The molecule has 158 valence electrons. The third-order valence-electron chi connectivity index (χ3n) is 5.00. The molecule has 0 aromatic heterocycles. The maximum absolute atomic E-state index is 9.57. The first kappa shape index (κ1) is 22.8. The highest BCUT2D eigenvalue weighted by Gasteiger charge is 2.17. The van der Waals surface area contributed by atoms with Crippen molar-refractivity contribution >= 4 is 23.8 Å². The molecule has 0 saturated carbocycles. The summed E-state index contributed by atoms with van der Waals surface area (Å²) in [4.78, 5) is 0. The lowest BCUT2D eigenvalue weighted by molar-refractivity contribution is 0.446. The van der Waals surface area contributed by atoms with E-state index in [1.807, 2.05) is 19.1 Å². The lowest BCUT2D eigenvalue weighted by Gasteiger charge is -2.20. The van der Waals surface area contributed by atoms with Gasteiger partial charge < -0.3 is 5.11 Å². The molecule has 0 amide bonds. The van der Waals surface area contributed by atoms with Crippen LogP contribution in [-0.4, -0.2) is 5.11 Å². The van der Waals surface area contributed by atoms with Gasteiger partial charge in [0.15, 0.2) is 0 Å². The molecular weight excluding hydrogens is 395 g/mol. The van der Waals surface area contributed by atoms with E-state index >= 15 is 0 Å². The van der Waals surface area contributed by atoms with Crippen LogP contribution in [-0.2, 0) is 5.41 Å². The quantitative estimate of drug-likeness (QED) is 0.374. The van der Waals surface area contributed by atoms with Gasteiger partial charge in [0, 0.05) is 0 Å². The van der Waals surface area contributed by atoms with Gasteiger partial charge >= 0.3 is 0 Å². The third kappa shape index (κ3) is 6.29. The van der Waals surface area contributed by atoms with Gasteiger partial charge in [0.25, 0.3) is 0 Å². The van der Waals surface area contributed by atoms with Crippen LogP contribution in [0, 0.1) is 6.92 Å². The van der Waals surface area contributed by atoms with Gasteiger partial charge in [-0.25, -0.2) is 0 Å². The number of rotatable bonds is 3. The lowest BCUT2D eigenvalue weighted by Crippen LogP contribution is -2.20. The molecule has 0 heterocycles. The fraction of sp³-hybridized carbons (Fsp3) is 0.172. The van der Waals surface area contributed by atoms with E-state index in [0.29, 0.717) is 5.75 Å². The van der Waals surface area contributed by atoms with Crippen LogP contribution in [0.15, 0.2) is 109 Å². The molecule has 0 aliphatic heterocycles. The molecule has 4 rings (SSSR count). The Labute approximate surface area is 188 Å². The van der Waals surface area contributed by atoms with Crippen LogP contribution in [0.5, 0.6) is 5.75 Å². The fourth-order valence-corrected chi connectivity index (χ4v) is 5.73. The summed E-state index contributed by atoms with van der Waals surface area (Å²) in [6.07, 6.45) is 0. The van der Waals surface area contributed by atoms with E-state index in [-0.39, 0.29) is 5.41 Å². The molecule has 0 aliphatic rings. The summed E-state index contributed by atoms with van der Waals surface area (Å²) in [6.45, 7) is 8.33. The van der Waals surface area contributed by atoms with E-state index < -0.39 is 7.92 Å². The van der Waals surface area contributed by atoms with Crippen LogP contribution in [0.4, 0.5) is 0 Å². The first-order chi connectivity index (χ1) is 14.9. The van der Waals surface area contributed by atoms with Crippen LogP contribution < -0.4 is 15.9 Å². The van der Waals surface area contributed by atoms with Gasteiger partial charge in [-0.15, -0.1) is 0 Å². The normalized spacial score (nSPS) is 11.0. The molecule has 4 aromatic carbocycles. The Balaban J connectivity index is 0.000000196. The average molecular weight is 427 g/mol. The van der Waals surface area contributed by atoms with Crippen molar-refractivity contribution in [3.63, 3.8) is 0 Å². The van der Waals surface area contributed by atoms with Crippen molar-refractivity contribution in [3.05, 3.63) is 120 Å². The van der Waals surface area contributed by atoms with Gasteiger partial charge in [0.05, 0.1) is 0 Å². The third-order valence-corrected chi connectivity index (χ3v) is 7.45. The maximum Gasteiger partial charge on any atom is 0.119 e. The van der Waals surface area contributed by atoms with Crippen LogP contribution in [0.2, 0.25) is 0 Å². The van der Waals surface area contributed by atoms with Gasteiger partial charge in [-0.1, -0.05) is 129 Å². The van der Waals surface area contributed by atoms with Gasteiger partial charge in [-0.05, 0) is 47.8 Å². The topological polar surface area (TPSA) is 20.2 Å². The predicted molar refractivity (Wildman–Crippen MR) is 137 cm³/mol. The van der Waals surface area contributed by atoms with Gasteiger partial charge in [-0.3, -0.25) is 0 Å². The van der Waals surface area contributed by atoms with Crippen molar-refractivity contribution < 1.29 is 5.11 Å². The number of phenols is 1. The number of phenolic OH excluding ortho intramolecular Hbond substituents is 1. The van der Waals surface area contributed by atoms with Crippen LogP contribution in [0.25, 0.3) is 0 Å². The zero-order valence-corrected chi connectivity index (χ0v) is 19.7. The molecule has 1 N–H and O–H groups in total. The molecule has 0 aliphatic carbocycles. The first-order valence-corrected chi connectivity index (χ1v) is 12.0. The zero-order chi connectivity index (χ0) is 22.3. The van der Waals surface area contributed by atoms with Gasteiger partial charge in [0.1, 0.15) is 5.75 Å². The van der Waals surface area contributed by atoms with E-state index in [1.165, 1.54) is 21.5 Å². The molecule has 4 aromatic rings. The Hall–Kier alpha value is -2.89. The molecule has 2 heteroatoms. The number of aromatic hydroxyl groups is 1. The second-order valence-electron chi connectivity index (χ2n) is 8.61. The summed E-state index contributed by atoms with van der Waals surface area (Å²) in [5.74, 6) is 0.396. The second kappa shape index (κ2) is 10.4. The standard InChI is InChI=1S/C18H15P.C11H16O/c1-4-10-16(11-5-1)19(17-12-6-2-7-13-17)18-14-8-3-9-15-18;1-8-5-6-10(12)9(7-8)11(2,3)4/h1-15H;5-7,12H,1-4H3. The van der Waals surface area contributed by atoms with Crippen molar-refractivity contribution in [1.82, 2.24) is 0 Å². The molecule has 31 heavy (non-hydrogen) atoms. The lowest BCUT2D eigenvalue weighted by atomic mass is 9.85. The van der Waals surface area contributed by atoms with Gasteiger partial charge in [0.2, 0.25) is 0 Å². The molecule has 0 atom stereocenters. The monoisotopic (exact) mass is 426 g/mol. The van der Waals surface area contributed by atoms with Crippen molar-refractivity contribution in [3.8, 4) is 5.75 Å². The van der Waals surface area contributed by atoms with E-state index in [2.05, 4.69) is 112 Å². The Morgan fingerprint density at radius 1 is 0.581 bits per heavy atom. The van der Waals surface area contributed by atoms with Crippen LogP contribution in [0.3, 0.4) is 0 Å². The van der Waals surface area contributed by atoms with E-state index in [1.54, 1.807) is 6.07 Å². The summed E-state index contributed by atoms with van der Waals surface area (Å²) in [6, 6.07) is 38.0. The van der Waals surface area contributed by atoms with Crippen molar-refractivity contribution in [2.45, 2.75) is 33.1 Å². The smallest absolute Gasteiger partial charge is 0.119 e. The number of hydrogen-bond donors (Lipinski definition) is 1. The maximum atomic E-state index is 9.57. The minimum absolute atomic E-state index is 0.0239. The van der Waals surface area contributed by atoms with Crippen molar-refractivity contribution in [1.29, 1.82) is 0 Å². The largest absolute Gasteiger partial charge is 0.508 e. The zero-order valence-electron chi connectivity index (χ0n) is 18.8. The molecule has 0 fully saturated rings. The summed E-state index contributed by atoms with van der Waals surface area (Å²) in [5.41, 5.74) is 2.23. The molecule has 0 unspecified atom stereocenters. The average Bonchev–Trinajstić information content (AvgIpc) is 2.78. The Bertz CT molecular complexity index is 974. The first-order valence-electron chi connectivity index (χ1n) is 10.6. The summed E-state index contributed by atoms with van der Waals surface area (Å²) in [7, 11) is -0.446. The van der Waals surface area contributed by atoms with Gasteiger partial charge in [-0.2, -0.15) is 0 Å². The molecule has 1 nitrogen and oxygen atoms in total. The highest BCUT2D eigenvalue weighted by Crippen LogP contribution is 2.32.